The van der Waals surface area contributed by atoms with E-state index in [9.17, 15) is 9.59 Å². The van der Waals surface area contributed by atoms with Crippen molar-refractivity contribution < 1.29 is 14.7 Å². The lowest BCUT2D eigenvalue weighted by Gasteiger charge is -2.10. The largest absolute Gasteiger partial charge is 0.481 e. The van der Waals surface area contributed by atoms with Gasteiger partial charge in [-0.1, -0.05) is 6.92 Å². The molecule has 5 nitrogen and oxygen atoms in total. The topological polar surface area (TPSA) is 79.3 Å². The van der Waals surface area contributed by atoms with Crippen LogP contribution in [0.2, 0.25) is 0 Å². The van der Waals surface area contributed by atoms with Gasteiger partial charge < -0.3 is 10.4 Å². The molecule has 5 heteroatoms. The molecule has 1 unspecified atom stereocenters. The van der Waals surface area contributed by atoms with Crippen LogP contribution in [0, 0.1) is 5.92 Å². The summed E-state index contributed by atoms with van der Waals surface area (Å²) in [6, 6.07) is 3.29. The van der Waals surface area contributed by atoms with Gasteiger partial charge in [0.1, 0.15) is 0 Å². The maximum Gasteiger partial charge on any atom is 0.308 e. The first-order valence-corrected chi connectivity index (χ1v) is 5.06. The highest BCUT2D eigenvalue weighted by Gasteiger charge is 2.16. The van der Waals surface area contributed by atoms with Crippen molar-refractivity contribution in [1.82, 2.24) is 10.3 Å². The fraction of sp³-hybridized carbons (Fsp3) is 0.364. The molecular weight excluding hydrogens is 208 g/mol. The summed E-state index contributed by atoms with van der Waals surface area (Å²) in [5, 5.41) is 11.4. The van der Waals surface area contributed by atoms with Gasteiger partial charge in [0.25, 0.3) is 5.91 Å². The highest BCUT2D eigenvalue weighted by molar-refractivity contribution is 5.94. The molecule has 1 amide bonds. The number of nitrogens with zero attached hydrogens (tertiary/aromatic N) is 1. The molecule has 0 aliphatic carbocycles. The maximum absolute atomic E-state index is 11.5. The van der Waals surface area contributed by atoms with Gasteiger partial charge in [-0.15, -0.1) is 0 Å². The standard InChI is InChI=1S/C11H14N2O3/c1-2-8(11(15)16)7-13-10(14)9-4-3-5-12-6-9/h3-6,8H,2,7H2,1H3,(H,13,14)(H,15,16). The summed E-state index contributed by atoms with van der Waals surface area (Å²) < 4.78 is 0. The van der Waals surface area contributed by atoms with Crippen LogP contribution in [0.1, 0.15) is 23.7 Å². The highest BCUT2D eigenvalue weighted by atomic mass is 16.4. The van der Waals surface area contributed by atoms with Crippen molar-refractivity contribution in [2.24, 2.45) is 5.92 Å². The fourth-order valence-electron chi connectivity index (χ4n) is 1.22. The smallest absolute Gasteiger partial charge is 0.308 e. The highest BCUT2D eigenvalue weighted by Crippen LogP contribution is 2.02. The second kappa shape index (κ2) is 5.85. The summed E-state index contributed by atoms with van der Waals surface area (Å²) in [6.45, 7) is 1.91. The van der Waals surface area contributed by atoms with Crippen LogP contribution >= 0.6 is 0 Å². The van der Waals surface area contributed by atoms with Gasteiger partial charge >= 0.3 is 5.97 Å². The van der Waals surface area contributed by atoms with Gasteiger partial charge in [0.05, 0.1) is 11.5 Å². The van der Waals surface area contributed by atoms with Gasteiger partial charge in [0.2, 0.25) is 0 Å². The van der Waals surface area contributed by atoms with Gasteiger partial charge in [-0.05, 0) is 18.6 Å². The second-order valence-corrected chi connectivity index (χ2v) is 3.40. The van der Waals surface area contributed by atoms with Crippen molar-refractivity contribution in [3.8, 4) is 0 Å². The first kappa shape index (κ1) is 12.2. The lowest BCUT2D eigenvalue weighted by atomic mass is 10.1. The Labute approximate surface area is 93.5 Å². The van der Waals surface area contributed by atoms with Gasteiger partial charge in [-0.2, -0.15) is 0 Å². The average molecular weight is 222 g/mol. The molecule has 0 saturated carbocycles. The minimum absolute atomic E-state index is 0.138. The number of aromatic nitrogens is 1. The zero-order valence-corrected chi connectivity index (χ0v) is 9.01. The van der Waals surface area contributed by atoms with Gasteiger partial charge in [-0.25, -0.2) is 0 Å². The van der Waals surface area contributed by atoms with Crippen LogP contribution in [0.15, 0.2) is 24.5 Å². The quantitative estimate of drug-likeness (QED) is 0.776. The molecule has 0 aliphatic heterocycles. The third-order valence-electron chi connectivity index (χ3n) is 2.27. The first-order chi connectivity index (χ1) is 7.65. The fourth-order valence-corrected chi connectivity index (χ4v) is 1.22. The number of carboxylic acid groups (broad SMARTS) is 1. The predicted octanol–water partition coefficient (Wildman–Crippen LogP) is 0.922. The van der Waals surface area contributed by atoms with Crippen LogP contribution in [-0.2, 0) is 4.79 Å². The lowest BCUT2D eigenvalue weighted by molar-refractivity contribution is -0.141. The molecule has 86 valence electrons. The molecular formula is C11H14N2O3. The Morgan fingerprint density at radius 3 is 2.81 bits per heavy atom. The Hall–Kier alpha value is -1.91. The van der Waals surface area contributed by atoms with Crippen LogP contribution in [0.3, 0.4) is 0 Å². The van der Waals surface area contributed by atoms with E-state index < -0.39 is 11.9 Å². The van der Waals surface area contributed by atoms with Crippen LogP contribution in [0.4, 0.5) is 0 Å². The SMILES string of the molecule is CCC(CNC(=O)c1cccnc1)C(=O)O. The maximum atomic E-state index is 11.5. The van der Waals surface area contributed by atoms with Crippen molar-refractivity contribution in [2.45, 2.75) is 13.3 Å². The van der Waals surface area contributed by atoms with E-state index >= 15 is 0 Å². The van der Waals surface area contributed by atoms with Crippen molar-refractivity contribution in [3.63, 3.8) is 0 Å². The summed E-state index contributed by atoms with van der Waals surface area (Å²) >= 11 is 0. The van der Waals surface area contributed by atoms with Crippen LogP contribution in [0.25, 0.3) is 0 Å². The molecule has 0 spiro atoms. The molecule has 1 rings (SSSR count). The number of carboxylic acids is 1. The van der Waals surface area contributed by atoms with Gasteiger partial charge in [0.15, 0.2) is 0 Å². The Morgan fingerprint density at radius 1 is 1.56 bits per heavy atom. The Kier molecular flexibility index (Phi) is 4.44. The number of amides is 1. The summed E-state index contributed by atoms with van der Waals surface area (Å²) in [6.07, 6.45) is 3.50. The summed E-state index contributed by atoms with van der Waals surface area (Å²) in [7, 11) is 0. The summed E-state index contributed by atoms with van der Waals surface area (Å²) in [5.41, 5.74) is 0.433. The first-order valence-electron chi connectivity index (χ1n) is 5.06. The van der Waals surface area contributed by atoms with E-state index in [1.54, 1.807) is 25.3 Å². The van der Waals surface area contributed by atoms with E-state index in [-0.39, 0.29) is 12.5 Å². The minimum Gasteiger partial charge on any atom is -0.481 e. The molecule has 1 aromatic heterocycles. The molecule has 1 heterocycles. The normalized spacial score (nSPS) is 11.8. The predicted molar refractivity (Wildman–Crippen MR) is 58.0 cm³/mol. The Balaban J connectivity index is 2.50. The molecule has 16 heavy (non-hydrogen) atoms. The van der Waals surface area contributed by atoms with E-state index in [0.29, 0.717) is 12.0 Å². The summed E-state index contributed by atoms with van der Waals surface area (Å²) in [5.74, 6) is -1.73. The number of pyridine rings is 1. The molecule has 0 saturated heterocycles. The summed E-state index contributed by atoms with van der Waals surface area (Å²) in [4.78, 5) is 26.1. The number of hydrogen-bond acceptors (Lipinski definition) is 3. The van der Waals surface area contributed by atoms with E-state index in [1.165, 1.54) is 6.20 Å². The van der Waals surface area contributed by atoms with E-state index in [1.807, 2.05) is 0 Å². The van der Waals surface area contributed by atoms with Crippen molar-refractivity contribution in [3.05, 3.63) is 30.1 Å². The third-order valence-corrected chi connectivity index (χ3v) is 2.27. The van der Waals surface area contributed by atoms with E-state index in [2.05, 4.69) is 10.3 Å². The number of hydrogen-bond donors (Lipinski definition) is 2. The van der Waals surface area contributed by atoms with Crippen LogP contribution < -0.4 is 5.32 Å². The monoisotopic (exact) mass is 222 g/mol. The molecule has 0 aromatic carbocycles. The Morgan fingerprint density at radius 2 is 2.31 bits per heavy atom. The lowest BCUT2D eigenvalue weighted by Crippen LogP contribution is -2.32. The van der Waals surface area contributed by atoms with Crippen molar-refractivity contribution >= 4 is 11.9 Å². The van der Waals surface area contributed by atoms with Crippen LogP contribution in [-0.4, -0.2) is 28.5 Å². The number of aliphatic carboxylic acids is 1. The average Bonchev–Trinajstić information content (AvgIpc) is 2.30. The third kappa shape index (κ3) is 3.34. The Bertz CT molecular complexity index is 365. The van der Waals surface area contributed by atoms with Gasteiger partial charge in [-0.3, -0.25) is 14.6 Å². The number of carbonyl (C=O) groups excluding carboxylic acids is 1. The number of nitrogens with one attached hydrogen (secondary N) is 1. The number of rotatable bonds is 5. The molecule has 0 aliphatic rings. The second-order valence-electron chi connectivity index (χ2n) is 3.40. The van der Waals surface area contributed by atoms with Crippen molar-refractivity contribution in [1.29, 1.82) is 0 Å². The molecule has 0 radical (unpaired) electrons. The molecule has 0 fully saturated rings. The molecule has 1 aromatic rings. The van der Waals surface area contributed by atoms with Gasteiger partial charge in [0, 0.05) is 18.9 Å². The molecule has 1 atom stereocenters. The zero-order valence-electron chi connectivity index (χ0n) is 9.01. The molecule has 2 N–H and O–H groups in total. The van der Waals surface area contributed by atoms with E-state index in [0.717, 1.165) is 0 Å². The number of carbonyl (C=O) groups is 2. The van der Waals surface area contributed by atoms with Crippen molar-refractivity contribution in [2.75, 3.05) is 6.54 Å². The zero-order chi connectivity index (χ0) is 12.0. The molecule has 0 bridgehead atoms. The van der Waals surface area contributed by atoms with Crippen LogP contribution in [0.5, 0.6) is 0 Å². The van der Waals surface area contributed by atoms with E-state index in [4.69, 9.17) is 5.11 Å². The minimum atomic E-state index is -0.894.